The second-order valence-electron chi connectivity index (χ2n) is 3.94. The molecule has 0 radical (unpaired) electrons. The Balaban J connectivity index is 2.65. The maximum atomic E-state index is 12.0. The average Bonchev–Trinajstić information content (AvgIpc) is 2.43. The maximum Gasteiger partial charge on any atom is 0.472 e. The fourth-order valence-corrected chi connectivity index (χ4v) is 1.16. The van der Waals surface area contributed by atoms with Crippen molar-refractivity contribution in [2.45, 2.75) is 12.4 Å². The van der Waals surface area contributed by atoms with Crippen LogP contribution in [0.3, 0.4) is 0 Å². The summed E-state index contributed by atoms with van der Waals surface area (Å²) in [6.45, 7) is 0. The number of hydrogen-bond acceptors (Lipinski definition) is 3. The molecular weight excluding hydrogens is 336 g/mol. The number of alkyl halides is 6. The summed E-state index contributed by atoms with van der Waals surface area (Å²) in [5.41, 5.74) is 2.01. The van der Waals surface area contributed by atoms with Gasteiger partial charge in [-0.2, -0.15) is 26.3 Å². The minimum Gasteiger partial charge on any atom is -0.318 e. The van der Waals surface area contributed by atoms with Crippen molar-refractivity contribution < 1.29 is 40.7 Å². The highest BCUT2D eigenvalue weighted by atomic mass is 19.4. The highest BCUT2D eigenvalue weighted by Crippen LogP contribution is 2.18. The molecular formula is C11H7F6N3O3. The van der Waals surface area contributed by atoms with E-state index in [9.17, 15) is 40.7 Å². The number of nitrogens with one attached hydrogen (secondary N) is 3. The van der Waals surface area contributed by atoms with Gasteiger partial charge in [0.05, 0.1) is 0 Å². The Kier molecular flexibility index (Phi) is 5.19. The van der Waals surface area contributed by atoms with Gasteiger partial charge in [-0.3, -0.25) is 25.2 Å². The summed E-state index contributed by atoms with van der Waals surface area (Å²) in [5, 5.41) is 1.50. The molecule has 6 nitrogen and oxygen atoms in total. The van der Waals surface area contributed by atoms with Gasteiger partial charge in [0.2, 0.25) is 0 Å². The summed E-state index contributed by atoms with van der Waals surface area (Å²) >= 11 is 0. The monoisotopic (exact) mass is 343 g/mol. The van der Waals surface area contributed by atoms with E-state index < -0.39 is 30.1 Å². The quantitative estimate of drug-likeness (QED) is 0.562. The van der Waals surface area contributed by atoms with Gasteiger partial charge in [-0.1, -0.05) is 0 Å². The van der Waals surface area contributed by atoms with Gasteiger partial charge >= 0.3 is 24.2 Å². The van der Waals surface area contributed by atoms with E-state index in [1.807, 2.05) is 0 Å². The molecule has 0 bridgehead atoms. The third kappa shape index (κ3) is 5.48. The summed E-state index contributed by atoms with van der Waals surface area (Å²) < 4.78 is 71.7. The van der Waals surface area contributed by atoms with E-state index >= 15 is 0 Å². The van der Waals surface area contributed by atoms with E-state index in [1.54, 1.807) is 0 Å². The van der Waals surface area contributed by atoms with E-state index in [1.165, 1.54) is 10.7 Å². The summed E-state index contributed by atoms with van der Waals surface area (Å²) in [7, 11) is 0. The van der Waals surface area contributed by atoms with E-state index in [2.05, 4.69) is 0 Å². The van der Waals surface area contributed by atoms with Crippen molar-refractivity contribution in [3.63, 3.8) is 0 Å². The Morgan fingerprint density at radius 2 is 1.22 bits per heavy atom. The molecule has 12 heteroatoms. The third-order valence-electron chi connectivity index (χ3n) is 2.21. The molecule has 1 aromatic carbocycles. The first kappa shape index (κ1) is 18.3. The zero-order chi connectivity index (χ0) is 17.8. The van der Waals surface area contributed by atoms with Gasteiger partial charge in [0.25, 0.3) is 5.91 Å². The molecule has 0 heterocycles. The van der Waals surface area contributed by atoms with Gasteiger partial charge in [-0.15, -0.1) is 0 Å². The molecule has 0 aliphatic heterocycles. The number of halogens is 6. The fourth-order valence-electron chi connectivity index (χ4n) is 1.16. The van der Waals surface area contributed by atoms with Crippen molar-refractivity contribution in [1.82, 2.24) is 10.9 Å². The Morgan fingerprint density at radius 1 is 0.739 bits per heavy atom. The second-order valence-corrected chi connectivity index (χ2v) is 3.94. The van der Waals surface area contributed by atoms with Gasteiger partial charge in [-0.05, 0) is 24.3 Å². The van der Waals surface area contributed by atoms with Crippen molar-refractivity contribution in [3.05, 3.63) is 29.8 Å². The van der Waals surface area contributed by atoms with Gasteiger partial charge in [0, 0.05) is 11.3 Å². The lowest BCUT2D eigenvalue weighted by atomic mass is 10.2. The van der Waals surface area contributed by atoms with Crippen LogP contribution in [0.25, 0.3) is 0 Å². The van der Waals surface area contributed by atoms with E-state index in [0.717, 1.165) is 29.7 Å². The van der Waals surface area contributed by atoms with Crippen molar-refractivity contribution >= 4 is 23.4 Å². The normalized spacial score (nSPS) is 11.6. The summed E-state index contributed by atoms with van der Waals surface area (Å²) in [4.78, 5) is 32.5. The van der Waals surface area contributed by atoms with Crippen LogP contribution in [0.1, 0.15) is 10.4 Å². The molecule has 0 spiro atoms. The molecule has 0 saturated carbocycles. The number of carbonyl (C=O) groups is 3. The number of carbonyl (C=O) groups excluding carboxylic acids is 3. The van der Waals surface area contributed by atoms with Crippen molar-refractivity contribution in [3.8, 4) is 0 Å². The molecule has 1 aromatic rings. The van der Waals surface area contributed by atoms with Gasteiger partial charge < -0.3 is 5.32 Å². The predicted octanol–water partition coefficient (Wildman–Crippen LogP) is 1.51. The van der Waals surface area contributed by atoms with Gasteiger partial charge in [0.15, 0.2) is 0 Å². The number of anilines is 1. The maximum absolute atomic E-state index is 12.0. The zero-order valence-electron chi connectivity index (χ0n) is 10.8. The summed E-state index contributed by atoms with van der Waals surface area (Å²) in [6.07, 6.45) is -10.3. The van der Waals surface area contributed by atoms with Crippen LogP contribution in [0.5, 0.6) is 0 Å². The largest absolute Gasteiger partial charge is 0.472 e. The van der Waals surface area contributed by atoms with Crippen LogP contribution in [0, 0.1) is 0 Å². The van der Waals surface area contributed by atoms with Crippen LogP contribution in [0.15, 0.2) is 24.3 Å². The van der Waals surface area contributed by atoms with Crippen molar-refractivity contribution in [2.75, 3.05) is 5.32 Å². The number of amides is 3. The molecule has 0 saturated heterocycles. The number of hydrazine groups is 1. The lowest BCUT2D eigenvalue weighted by Gasteiger charge is -2.10. The molecule has 0 aliphatic carbocycles. The first-order valence-corrected chi connectivity index (χ1v) is 5.57. The van der Waals surface area contributed by atoms with Crippen LogP contribution in [-0.4, -0.2) is 30.1 Å². The topological polar surface area (TPSA) is 87.3 Å². The Hall–Kier alpha value is -2.79. The molecule has 0 aliphatic rings. The number of hydrogen-bond donors (Lipinski definition) is 3. The van der Waals surface area contributed by atoms with Crippen LogP contribution < -0.4 is 16.2 Å². The van der Waals surface area contributed by atoms with Crippen LogP contribution >= 0.6 is 0 Å². The molecule has 0 aromatic heterocycles. The molecule has 126 valence electrons. The average molecular weight is 343 g/mol. The highest BCUT2D eigenvalue weighted by Gasteiger charge is 2.39. The van der Waals surface area contributed by atoms with Crippen molar-refractivity contribution in [2.24, 2.45) is 0 Å². The van der Waals surface area contributed by atoms with Gasteiger partial charge in [0.1, 0.15) is 0 Å². The molecule has 23 heavy (non-hydrogen) atoms. The lowest BCUT2D eigenvalue weighted by Crippen LogP contribution is -2.47. The first-order valence-electron chi connectivity index (χ1n) is 5.57. The molecule has 0 atom stereocenters. The predicted molar refractivity (Wildman–Crippen MR) is 62.8 cm³/mol. The molecule has 3 N–H and O–H groups in total. The number of benzene rings is 1. The fraction of sp³-hybridized carbons (Fsp3) is 0.182. The second kappa shape index (κ2) is 6.54. The number of rotatable bonds is 2. The smallest absolute Gasteiger partial charge is 0.318 e. The molecule has 0 unspecified atom stereocenters. The third-order valence-corrected chi connectivity index (χ3v) is 2.21. The first-order chi connectivity index (χ1) is 10.4. The molecule has 3 amide bonds. The highest BCUT2D eigenvalue weighted by molar-refractivity contribution is 5.98. The minimum atomic E-state index is -5.20. The van der Waals surface area contributed by atoms with Crippen LogP contribution in [-0.2, 0) is 9.59 Å². The summed E-state index contributed by atoms with van der Waals surface area (Å²) in [6, 6.07) is 3.70. The molecule has 0 fully saturated rings. The Bertz CT molecular complexity index is 609. The van der Waals surface area contributed by atoms with E-state index in [-0.39, 0.29) is 11.3 Å². The minimum absolute atomic E-state index is 0.266. The van der Waals surface area contributed by atoms with Crippen LogP contribution in [0.2, 0.25) is 0 Å². The Labute approximate surface area is 123 Å². The zero-order valence-corrected chi connectivity index (χ0v) is 10.8. The SMILES string of the molecule is O=C(NNC(=O)C(F)(F)F)c1ccc(NC(=O)C(F)(F)F)cc1. The van der Waals surface area contributed by atoms with E-state index in [0.29, 0.717) is 0 Å². The van der Waals surface area contributed by atoms with Crippen molar-refractivity contribution in [1.29, 1.82) is 0 Å². The summed E-state index contributed by atoms with van der Waals surface area (Å²) in [5.74, 6) is -5.77. The van der Waals surface area contributed by atoms with Crippen LogP contribution in [0.4, 0.5) is 32.0 Å². The lowest BCUT2D eigenvalue weighted by molar-refractivity contribution is -0.174. The molecule has 1 rings (SSSR count). The Morgan fingerprint density at radius 3 is 1.65 bits per heavy atom. The standard InChI is InChI=1S/C11H7F6N3O3/c12-10(13,14)8(22)18-6-3-1-5(2-4-6)7(21)19-20-9(23)11(15,16)17/h1-4H,(H,18,22)(H,19,21)(H,20,23). The van der Waals surface area contributed by atoms with E-state index in [4.69, 9.17) is 0 Å². The van der Waals surface area contributed by atoms with Gasteiger partial charge in [-0.25, -0.2) is 0 Å².